The topological polar surface area (TPSA) is 59.8 Å². The fraction of sp³-hybridized carbons (Fsp3) is 0.276. The van der Waals surface area contributed by atoms with E-state index in [9.17, 15) is 4.79 Å². The highest BCUT2D eigenvalue weighted by molar-refractivity contribution is 7.99. The fourth-order valence-corrected chi connectivity index (χ4v) is 4.80. The summed E-state index contributed by atoms with van der Waals surface area (Å²) >= 11 is 7.50. The highest BCUT2D eigenvalue weighted by atomic mass is 35.5. The second-order valence-corrected chi connectivity index (χ2v) is 11.4. The molecular formula is C29H31ClN4OS. The summed E-state index contributed by atoms with van der Waals surface area (Å²) in [4.78, 5) is 12.9. The number of halogens is 1. The predicted octanol–water partition coefficient (Wildman–Crippen LogP) is 7.74. The molecule has 5 nitrogen and oxygen atoms in total. The van der Waals surface area contributed by atoms with E-state index in [1.54, 1.807) is 0 Å². The Morgan fingerprint density at radius 3 is 2.28 bits per heavy atom. The van der Waals surface area contributed by atoms with Gasteiger partial charge in [0.25, 0.3) is 0 Å². The van der Waals surface area contributed by atoms with Gasteiger partial charge >= 0.3 is 0 Å². The zero-order valence-corrected chi connectivity index (χ0v) is 22.8. The lowest BCUT2D eigenvalue weighted by Crippen LogP contribution is -2.16. The Kier molecular flexibility index (Phi) is 7.86. The van der Waals surface area contributed by atoms with Gasteiger partial charge in [-0.25, -0.2) is 0 Å². The predicted molar refractivity (Wildman–Crippen MR) is 150 cm³/mol. The molecular weight excluding hydrogens is 488 g/mol. The maximum Gasteiger partial charge on any atom is 0.234 e. The van der Waals surface area contributed by atoms with Gasteiger partial charge in [-0.1, -0.05) is 100 Å². The Labute approximate surface area is 222 Å². The molecule has 0 saturated heterocycles. The lowest BCUT2D eigenvalue weighted by atomic mass is 9.87. The minimum atomic E-state index is -0.0881. The molecule has 3 aromatic carbocycles. The van der Waals surface area contributed by atoms with Crippen LogP contribution in [0.2, 0.25) is 5.02 Å². The Hall–Kier alpha value is -3.09. The smallest absolute Gasteiger partial charge is 0.234 e. The number of carbonyl (C=O) groups excluding carboxylic acids is 1. The van der Waals surface area contributed by atoms with Gasteiger partial charge in [0.05, 0.1) is 5.75 Å². The standard InChI is InChI=1S/C29H31ClN4OS/c1-19(2)24-8-6-7-9-25(24)31-26(35)18-36-28-33-32-27(34(28)23-16-14-22(30)15-17-23)20-10-12-21(13-11-20)29(3,4)5/h6-17,19H,18H2,1-5H3,(H,31,35). The molecule has 0 radical (unpaired) electrons. The van der Waals surface area contributed by atoms with Crippen molar-refractivity contribution >= 4 is 35.0 Å². The summed E-state index contributed by atoms with van der Waals surface area (Å²) in [5.41, 5.74) is 5.10. The molecule has 0 spiro atoms. The van der Waals surface area contributed by atoms with Crippen molar-refractivity contribution in [2.75, 3.05) is 11.1 Å². The van der Waals surface area contributed by atoms with Crippen LogP contribution in [0.15, 0.2) is 78.0 Å². The number of anilines is 1. The van der Waals surface area contributed by atoms with Gasteiger partial charge in [0.1, 0.15) is 0 Å². The van der Waals surface area contributed by atoms with E-state index in [4.69, 9.17) is 11.6 Å². The van der Waals surface area contributed by atoms with Gasteiger partial charge in [-0.2, -0.15) is 0 Å². The number of para-hydroxylation sites is 1. The van der Waals surface area contributed by atoms with Gasteiger partial charge in [0.2, 0.25) is 5.91 Å². The Balaban J connectivity index is 1.61. The van der Waals surface area contributed by atoms with Gasteiger partial charge in [0, 0.05) is 22.0 Å². The van der Waals surface area contributed by atoms with Crippen LogP contribution in [0.4, 0.5) is 5.69 Å². The number of benzene rings is 3. The number of nitrogens with zero attached hydrogens (tertiary/aromatic N) is 3. The second kappa shape index (κ2) is 10.9. The van der Waals surface area contributed by atoms with Crippen LogP contribution < -0.4 is 5.32 Å². The van der Waals surface area contributed by atoms with Gasteiger partial charge in [-0.05, 0) is 52.8 Å². The first-order chi connectivity index (χ1) is 17.1. The van der Waals surface area contributed by atoms with Crippen LogP contribution in [0.3, 0.4) is 0 Å². The third-order valence-electron chi connectivity index (χ3n) is 5.92. The first-order valence-corrected chi connectivity index (χ1v) is 13.3. The van der Waals surface area contributed by atoms with Crippen LogP contribution in [0.5, 0.6) is 0 Å². The molecule has 0 saturated carbocycles. The van der Waals surface area contributed by atoms with Crippen LogP contribution >= 0.6 is 23.4 Å². The van der Waals surface area contributed by atoms with Crippen molar-refractivity contribution in [2.45, 2.75) is 51.1 Å². The van der Waals surface area contributed by atoms with Crippen molar-refractivity contribution < 1.29 is 4.79 Å². The van der Waals surface area contributed by atoms with E-state index in [1.165, 1.54) is 17.3 Å². The lowest BCUT2D eigenvalue weighted by Gasteiger charge is -2.19. The Morgan fingerprint density at radius 1 is 0.972 bits per heavy atom. The third-order valence-corrected chi connectivity index (χ3v) is 7.10. The van der Waals surface area contributed by atoms with Gasteiger partial charge in [-0.3, -0.25) is 9.36 Å². The molecule has 0 aliphatic carbocycles. The normalized spacial score (nSPS) is 11.6. The van der Waals surface area contributed by atoms with Gasteiger partial charge in [0.15, 0.2) is 11.0 Å². The molecule has 0 bridgehead atoms. The molecule has 1 heterocycles. The first kappa shape index (κ1) is 26.0. The van der Waals surface area contributed by atoms with Crippen molar-refractivity contribution in [1.29, 1.82) is 0 Å². The molecule has 4 rings (SSSR count). The fourth-order valence-electron chi connectivity index (χ4n) is 3.92. The van der Waals surface area contributed by atoms with E-state index in [0.717, 1.165) is 22.5 Å². The SMILES string of the molecule is CC(C)c1ccccc1NC(=O)CSc1nnc(-c2ccc(C(C)(C)C)cc2)n1-c1ccc(Cl)cc1. The number of nitrogens with one attached hydrogen (secondary N) is 1. The van der Waals surface area contributed by atoms with Gasteiger partial charge in [-0.15, -0.1) is 10.2 Å². The summed E-state index contributed by atoms with van der Waals surface area (Å²) in [6.45, 7) is 10.8. The minimum Gasteiger partial charge on any atom is -0.325 e. The van der Waals surface area contributed by atoms with Crippen LogP contribution in [-0.2, 0) is 10.2 Å². The molecule has 186 valence electrons. The average Bonchev–Trinajstić information content (AvgIpc) is 3.27. The minimum absolute atomic E-state index is 0.0605. The van der Waals surface area contributed by atoms with E-state index in [1.807, 2.05) is 53.1 Å². The lowest BCUT2D eigenvalue weighted by molar-refractivity contribution is -0.113. The molecule has 0 fully saturated rings. The molecule has 0 atom stereocenters. The highest BCUT2D eigenvalue weighted by Crippen LogP contribution is 2.31. The summed E-state index contributed by atoms with van der Waals surface area (Å²) < 4.78 is 1.97. The largest absolute Gasteiger partial charge is 0.325 e. The summed E-state index contributed by atoms with van der Waals surface area (Å²) in [6, 6.07) is 23.8. The average molecular weight is 519 g/mol. The summed E-state index contributed by atoms with van der Waals surface area (Å²) in [6.07, 6.45) is 0. The van der Waals surface area contributed by atoms with Crippen molar-refractivity contribution in [3.05, 3.63) is 88.9 Å². The number of hydrogen-bond donors (Lipinski definition) is 1. The summed E-state index contributed by atoms with van der Waals surface area (Å²) in [5, 5.41) is 13.3. The second-order valence-electron chi connectivity index (χ2n) is 10.0. The monoisotopic (exact) mass is 518 g/mol. The molecule has 36 heavy (non-hydrogen) atoms. The first-order valence-electron chi connectivity index (χ1n) is 12.0. The van der Waals surface area contributed by atoms with Crippen LogP contribution in [0.1, 0.15) is 51.7 Å². The molecule has 7 heteroatoms. The van der Waals surface area contributed by atoms with E-state index in [0.29, 0.717) is 21.9 Å². The number of hydrogen-bond acceptors (Lipinski definition) is 4. The number of carbonyl (C=O) groups is 1. The van der Waals surface area contributed by atoms with Gasteiger partial charge < -0.3 is 5.32 Å². The zero-order valence-electron chi connectivity index (χ0n) is 21.2. The molecule has 0 unspecified atom stereocenters. The van der Waals surface area contributed by atoms with Crippen LogP contribution in [0.25, 0.3) is 17.1 Å². The van der Waals surface area contributed by atoms with Crippen molar-refractivity contribution in [1.82, 2.24) is 14.8 Å². The van der Waals surface area contributed by atoms with E-state index in [-0.39, 0.29) is 17.1 Å². The Morgan fingerprint density at radius 2 is 1.64 bits per heavy atom. The quantitative estimate of drug-likeness (QED) is 0.254. The highest BCUT2D eigenvalue weighted by Gasteiger charge is 2.19. The molecule has 1 N–H and O–H groups in total. The van der Waals surface area contributed by atoms with Crippen LogP contribution in [-0.4, -0.2) is 26.4 Å². The third kappa shape index (κ3) is 6.00. The molecule has 1 aromatic heterocycles. The number of rotatable bonds is 7. The molecule has 1 amide bonds. The molecule has 0 aliphatic heterocycles. The van der Waals surface area contributed by atoms with E-state index in [2.05, 4.69) is 74.4 Å². The molecule has 0 aliphatic rings. The van der Waals surface area contributed by atoms with E-state index < -0.39 is 0 Å². The zero-order chi connectivity index (χ0) is 25.9. The van der Waals surface area contributed by atoms with Crippen LogP contribution in [0, 0.1) is 0 Å². The van der Waals surface area contributed by atoms with Crippen molar-refractivity contribution in [3.63, 3.8) is 0 Å². The number of amides is 1. The van der Waals surface area contributed by atoms with Crippen molar-refractivity contribution in [3.8, 4) is 17.1 Å². The maximum absolute atomic E-state index is 12.9. The van der Waals surface area contributed by atoms with E-state index >= 15 is 0 Å². The summed E-state index contributed by atoms with van der Waals surface area (Å²) in [5.74, 6) is 1.15. The van der Waals surface area contributed by atoms with Crippen molar-refractivity contribution in [2.24, 2.45) is 0 Å². The number of thioether (sulfide) groups is 1. The number of aromatic nitrogens is 3. The molecule has 4 aromatic rings. The summed E-state index contributed by atoms with van der Waals surface area (Å²) in [7, 11) is 0. The maximum atomic E-state index is 12.9. The Bertz CT molecular complexity index is 1340.